The molecule has 1 aliphatic carbocycles. The van der Waals surface area contributed by atoms with Crippen molar-refractivity contribution in [3.8, 4) is 0 Å². The van der Waals surface area contributed by atoms with Gasteiger partial charge in [-0.1, -0.05) is 0 Å². The molecule has 0 saturated heterocycles. The van der Waals surface area contributed by atoms with Crippen molar-refractivity contribution in [2.24, 2.45) is 7.05 Å². The number of rotatable bonds is 10. The van der Waals surface area contributed by atoms with Gasteiger partial charge in [0, 0.05) is 50.8 Å². The molecule has 1 aromatic heterocycles. The van der Waals surface area contributed by atoms with E-state index in [1.807, 2.05) is 34.8 Å². The summed E-state index contributed by atoms with van der Waals surface area (Å²) >= 11 is 0. The number of halogens is 1. The number of methoxy groups -OCH3 is 1. The topological polar surface area (TPSA) is 54.8 Å². The van der Waals surface area contributed by atoms with Crippen molar-refractivity contribution in [3.63, 3.8) is 0 Å². The van der Waals surface area contributed by atoms with Crippen LogP contribution in [0.15, 0.2) is 42.6 Å². The Hall–Kier alpha value is -2.67. The predicted molar refractivity (Wildman–Crippen MR) is 108 cm³/mol. The van der Waals surface area contributed by atoms with Gasteiger partial charge in [-0.3, -0.25) is 9.59 Å². The molecular formula is C22H28FN3O3. The first-order valence-corrected chi connectivity index (χ1v) is 9.93. The van der Waals surface area contributed by atoms with Crippen LogP contribution in [0.25, 0.3) is 0 Å². The fourth-order valence-electron chi connectivity index (χ4n) is 3.32. The molecular weight excluding hydrogens is 373 g/mol. The Morgan fingerprint density at radius 2 is 1.93 bits per heavy atom. The molecule has 0 unspecified atom stereocenters. The molecule has 0 aliphatic heterocycles. The van der Waals surface area contributed by atoms with Crippen molar-refractivity contribution in [1.82, 2.24) is 14.4 Å². The van der Waals surface area contributed by atoms with Gasteiger partial charge in [-0.2, -0.15) is 0 Å². The smallest absolute Gasteiger partial charge is 0.254 e. The summed E-state index contributed by atoms with van der Waals surface area (Å²) in [5, 5.41) is 0. The lowest BCUT2D eigenvalue weighted by molar-refractivity contribution is -0.133. The summed E-state index contributed by atoms with van der Waals surface area (Å²) < 4.78 is 20.3. The Kier molecular flexibility index (Phi) is 7.04. The van der Waals surface area contributed by atoms with Gasteiger partial charge in [-0.15, -0.1) is 0 Å². The average Bonchev–Trinajstić information content (AvgIpc) is 3.47. The van der Waals surface area contributed by atoms with E-state index in [0.29, 0.717) is 31.7 Å². The van der Waals surface area contributed by atoms with Crippen molar-refractivity contribution in [1.29, 1.82) is 0 Å². The highest BCUT2D eigenvalue weighted by Gasteiger charge is 2.34. The minimum Gasteiger partial charge on any atom is -0.385 e. The van der Waals surface area contributed by atoms with Gasteiger partial charge in [-0.25, -0.2) is 4.39 Å². The highest BCUT2D eigenvalue weighted by atomic mass is 19.1. The molecule has 2 aromatic rings. The van der Waals surface area contributed by atoms with Crippen molar-refractivity contribution in [2.45, 2.75) is 31.8 Å². The summed E-state index contributed by atoms with van der Waals surface area (Å²) in [5.74, 6) is -0.739. The minimum atomic E-state index is -0.397. The van der Waals surface area contributed by atoms with Crippen LogP contribution >= 0.6 is 0 Å². The lowest BCUT2D eigenvalue weighted by Gasteiger charge is -2.28. The van der Waals surface area contributed by atoms with Gasteiger partial charge in [0.2, 0.25) is 5.91 Å². The molecule has 0 radical (unpaired) electrons. The number of hydrogen-bond acceptors (Lipinski definition) is 3. The first kappa shape index (κ1) is 21.0. The van der Waals surface area contributed by atoms with Gasteiger partial charge in [0.1, 0.15) is 12.4 Å². The number of ether oxygens (including phenoxy) is 1. The molecule has 0 bridgehead atoms. The van der Waals surface area contributed by atoms with E-state index in [4.69, 9.17) is 4.74 Å². The highest BCUT2D eigenvalue weighted by molar-refractivity contribution is 5.96. The van der Waals surface area contributed by atoms with Crippen LogP contribution in [0, 0.1) is 5.82 Å². The van der Waals surface area contributed by atoms with E-state index in [2.05, 4.69) is 0 Å². The fraction of sp³-hybridized carbons (Fsp3) is 0.455. The predicted octanol–water partition coefficient (Wildman–Crippen LogP) is 2.83. The van der Waals surface area contributed by atoms with E-state index in [1.54, 1.807) is 7.11 Å². The van der Waals surface area contributed by atoms with E-state index >= 15 is 0 Å². The highest BCUT2D eigenvalue weighted by Crippen LogP contribution is 2.28. The second-order valence-electron chi connectivity index (χ2n) is 7.44. The molecule has 6 nitrogen and oxygen atoms in total. The third-order valence-electron chi connectivity index (χ3n) is 5.17. The zero-order chi connectivity index (χ0) is 20.8. The van der Waals surface area contributed by atoms with Gasteiger partial charge in [0.15, 0.2) is 0 Å². The Morgan fingerprint density at radius 3 is 2.52 bits per heavy atom. The van der Waals surface area contributed by atoms with E-state index in [1.165, 1.54) is 29.2 Å². The van der Waals surface area contributed by atoms with Crippen LogP contribution < -0.4 is 0 Å². The maximum atomic E-state index is 13.2. The Bertz CT molecular complexity index is 830. The van der Waals surface area contributed by atoms with Crippen molar-refractivity contribution in [2.75, 3.05) is 26.8 Å². The maximum Gasteiger partial charge on any atom is 0.254 e. The molecule has 3 rings (SSSR count). The molecule has 0 atom stereocenters. The number of nitrogens with zero attached hydrogens (tertiary/aromatic N) is 3. The molecule has 0 spiro atoms. The Labute approximate surface area is 170 Å². The SMILES string of the molecule is COCCCN(CC(=O)N(Cc1cccn1C)C1CC1)C(=O)c1ccc(F)cc1. The Morgan fingerprint density at radius 1 is 1.21 bits per heavy atom. The van der Waals surface area contributed by atoms with Crippen LogP contribution in [-0.4, -0.2) is 59.0 Å². The second-order valence-corrected chi connectivity index (χ2v) is 7.44. The van der Waals surface area contributed by atoms with Crippen molar-refractivity contribution in [3.05, 3.63) is 59.7 Å². The summed E-state index contributed by atoms with van der Waals surface area (Å²) in [7, 11) is 3.56. The number of amides is 2. The summed E-state index contributed by atoms with van der Waals surface area (Å²) in [6.07, 6.45) is 4.56. The van der Waals surface area contributed by atoms with E-state index < -0.39 is 5.82 Å². The van der Waals surface area contributed by atoms with Gasteiger partial charge < -0.3 is 19.1 Å². The minimum absolute atomic E-state index is 0.000840. The third-order valence-corrected chi connectivity index (χ3v) is 5.17. The first-order chi connectivity index (χ1) is 14.0. The second kappa shape index (κ2) is 9.69. The molecule has 1 saturated carbocycles. The normalized spacial score (nSPS) is 13.3. The number of aromatic nitrogens is 1. The molecule has 2 amide bonds. The molecule has 1 heterocycles. The van der Waals surface area contributed by atoms with Crippen molar-refractivity contribution >= 4 is 11.8 Å². The molecule has 156 valence electrons. The molecule has 1 aliphatic rings. The maximum absolute atomic E-state index is 13.2. The number of aryl methyl sites for hydroxylation is 1. The molecule has 7 heteroatoms. The zero-order valence-corrected chi connectivity index (χ0v) is 17.0. The van der Waals surface area contributed by atoms with E-state index in [9.17, 15) is 14.0 Å². The molecule has 1 aromatic carbocycles. The van der Waals surface area contributed by atoms with Crippen molar-refractivity contribution < 1.29 is 18.7 Å². The quantitative estimate of drug-likeness (QED) is 0.576. The number of hydrogen-bond donors (Lipinski definition) is 0. The van der Waals surface area contributed by atoms with Crippen LogP contribution in [0.1, 0.15) is 35.3 Å². The summed E-state index contributed by atoms with van der Waals surface area (Å²) in [5.41, 5.74) is 1.43. The summed E-state index contributed by atoms with van der Waals surface area (Å²) in [4.78, 5) is 29.5. The lowest BCUT2D eigenvalue weighted by atomic mass is 10.2. The molecule has 0 N–H and O–H groups in total. The van der Waals surface area contributed by atoms with Crippen LogP contribution in [0.4, 0.5) is 4.39 Å². The van der Waals surface area contributed by atoms with E-state index in [-0.39, 0.29) is 24.4 Å². The standard InChI is InChI=1S/C22H28FN3O3/c1-24-12-3-5-20(24)15-26(19-10-11-19)21(27)16-25(13-4-14-29-2)22(28)17-6-8-18(23)9-7-17/h3,5-9,12,19H,4,10-11,13-16H2,1-2H3. The first-order valence-electron chi connectivity index (χ1n) is 9.93. The zero-order valence-electron chi connectivity index (χ0n) is 17.0. The summed E-state index contributed by atoms with van der Waals surface area (Å²) in [6, 6.07) is 9.62. The van der Waals surface area contributed by atoms with E-state index in [0.717, 1.165) is 18.5 Å². The summed E-state index contributed by atoms with van der Waals surface area (Å²) in [6.45, 7) is 1.43. The largest absolute Gasteiger partial charge is 0.385 e. The number of carbonyl (C=O) groups is 2. The Balaban J connectivity index is 1.72. The lowest BCUT2D eigenvalue weighted by Crippen LogP contribution is -2.44. The average molecular weight is 401 g/mol. The molecule has 1 fully saturated rings. The van der Waals surface area contributed by atoms with Gasteiger partial charge >= 0.3 is 0 Å². The molecule has 29 heavy (non-hydrogen) atoms. The fourth-order valence-corrected chi connectivity index (χ4v) is 3.32. The number of benzene rings is 1. The van der Waals surface area contributed by atoms with Gasteiger partial charge in [0.05, 0.1) is 6.54 Å². The van der Waals surface area contributed by atoms with Gasteiger partial charge in [0.25, 0.3) is 5.91 Å². The van der Waals surface area contributed by atoms with Crippen LogP contribution in [0.2, 0.25) is 0 Å². The van der Waals surface area contributed by atoms with Crippen LogP contribution in [0.3, 0.4) is 0 Å². The number of carbonyl (C=O) groups excluding carboxylic acids is 2. The third kappa shape index (κ3) is 5.67. The van der Waals surface area contributed by atoms with Crippen LogP contribution in [0.5, 0.6) is 0 Å². The van der Waals surface area contributed by atoms with Crippen LogP contribution in [-0.2, 0) is 23.1 Å². The monoisotopic (exact) mass is 401 g/mol. The van der Waals surface area contributed by atoms with Gasteiger partial charge in [-0.05, 0) is 55.7 Å².